The second kappa shape index (κ2) is 7.56. The summed E-state index contributed by atoms with van der Waals surface area (Å²) in [5.74, 6) is 0.602. The summed E-state index contributed by atoms with van der Waals surface area (Å²) in [5.41, 5.74) is 6.43. The smallest absolute Gasteiger partial charge is 0.0706 e. The van der Waals surface area contributed by atoms with Gasteiger partial charge in [-0.1, -0.05) is 70.2 Å². The van der Waals surface area contributed by atoms with E-state index in [1.54, 1.807) is 0 Å². The van der Waals surface area contributed by atoms with Gasteiger partial charge in [0.2, 0.25) is 0 Å². The lowest BCUT2D eigenvalue weighted by Crippen LogP contribution is -2.10. The minimum atomic E-state index is 0.00761. The molecular formula is C21H27NO. The van der Waals surface area contributed by atoms with Gasteiger partial charge in [-0.2, -0.15) is 0 Å². The summed E-state index contributed by atoms with van der Waals surface area (Å²) < 4.78 is 0. The van der Waals surface area contributed by atoms with Gasteiger partial charge in [0.1, 0.15) is 0 Å². The number of pyridine rings is 1. The first-order valence-corrected chi connectivity index (χ1v) is 8.36. The normalized spacial score (nSPS) is 11.8. The Morgan fingerprint density at radius 1 is 1.00 bits per heavy atom. The Kier molecular flexibility index (Phi) is 5.73. The minimum absolute atomic E-state index is 0.00761. The van der Waals surface area contributed by atoms with E-state index in [4.69, 9.17) is 4.98 Å². The Hall–Kier alpha value is -1.93. The molecule has 2 aromatic rings. The lowest BCUT2D eigenvalue weighted by Gasteiger charge is -2.22. The van der Waals surface area contributed by atoms with Crippen LogP contribution in [0.15, 0.2) is 36.4 Å². The van der Waals surface area contributed by atoms with E-state index in [-0.39, 0.29) is 12.5 Å². The largest absolute Gasteiger partial charge is 0.392 e. The fourth-order valence-electron chi connectivity index (χ4n) is 3.02. The molecule has 2 rings (SSSR count). The third-order valence-corrected chi connectivity index (χ3v) is 4.04. The van der Waals surface area contributed by atoms with Crippen molar-refractivity contribution in [3.05, 3.63) is 58.9 Å². The van der Waals surface area contributed by atoms with Crippen molar-refractivity contribution < 1.29 is 5.11 Å². The van der Waals surface area contributed by atoms with Crippen molar-refractivity contribution in [3.63, 3.8) is 0 Å². The number of hydrogen-bond acceptors (Lipinski definition) is 2. The van der Waals surface area contributed by atoms with Gasteiger partial charge in [0.05, 0.1) is 12.3 Å². The molecule has 0 fully saturated rings. The highest BCUT2D eigenvalue weighted by molar-refractivity contribution is 5.80. The topological polar surface area (TPSA) is 33.1 Å². The zero-order chi connectivity index (χ0) is 17.0. The number of hydrogen-bond donors (Lipinski definition) is 1. The Balaban J connectivity index is 2.93. The third kappa shape index (κ3) is 3.53. The van der Waals surface area contributed by atoms with E-state index in [1.165, 1.54) is 0 Å². The number of allylic oxidation sites excluding steroid dienone is 1. The van der Waals surface area contributed by atoms with E-state index in [2.05, 4.69) is 45.9 Å². The minimum Gasteiger partial charge on any atom is -0.392 e. The van der Waals surface area contributed by atoms with E-state index in [1.807, 2.05) is 31.2 Å². The Labute approximate surface area is 139 Å². The number of aromatic nitrogens is 1. The van der Waals surface area contributed by atoms with Crippen LogP contribution in [0.4, 0.5) is 0 Å². The molecule has 0 atom stereocenters. The maximum atomic E-state index is 10.1. The maximum Gasteiger partial charge on any atom is 0.0706 e. The lowest BCUT2D eigenvalue weighted by atomic mass is 9.87. The predicted molar refractivity (Wildman–Crippen MR) is 98.5 cm³/mol. The molecule has 0 saturated heterocycles. The molecule has 2 nitrogen and oxygen atoms in total. The first-order valence-electron chi connectivity index (χ1n) is 8.36. The zero-order valence-electron chi connectivity index (χ0n) is 14.8. The van der Waals surface area contributed by atoms with Crippen LogP contribution in [0.3, 0.4) is 0 Å². The van der Waals surface area contributed by atoms with Gasteiger partial charge in [-0.15, -0.1) is 0 Å². The Morgan fingerprint density at radius 3 is 2.09 bits per heavy atom. The van der Waals surface area contributed by atoms with E-state index >= 15 is 0 Å². The molecule has 1 N–H and O–H groups in total. The van der Waals surface area contributed by atoms with Crippen LogP contribution in [-0.4, -0.2) is 10.1 Å². The molecule has 0 radical (unpaired) electrons. The van der Waals surface area contributed by atoms with Crippen molar-refractivity contribution in [2.45, 2.75) is 53.1 Å². The van der Waals surface area contributed by atoms with Gasteiger partial charge in [-0.05, 0) is 29.9 Å². The third-order valence-electron chi connectivity index (χ3n) is 4.04. The molecule has 1 heterocycles. The van der Waals surface area contributed by atoms with Crippen LogP contribution in [0.2, 0.25) is 0 Å². The molecule has 0 amide bonds. The maximum absolute atomic E-state index is 10.1. The molecule has 23 heavy (non-hydrogen) atoms. The average Bonchev–Trinajstić information content (AvgIpc) is 2.54. The number of aliphatic hydroxyl groups is 1. The second-order valence-corrected chi connectivity index (χ2v) is 6.48. The first-order chi connectivity index (χ1) is 11.0. The molecule has 0 bridgehead atoms. The fourth-order valence-corrected chi connectivity index (χ4v) is 3.02. The summed E-state index contributed by atoms with van der Waals surface area (Å²) in [6.07, 6.45) is 4.17. The highest BCUT2D eigenvalue weighted by Gasteiger charge is 2.21. The van der Waals surface area contributed by atoms with Crippen molar-refractivity contribution >= 4 is 6.08 Å². The average molecular weight is 309 g/mol. The van der Waals surface area contributed by atoms with Crippen LogP contribution in [-0.2, 0) is 6.61 Å². The van der Waals surface area contributed by atoms with E-state index in [0.29, 0.717) is 5.92 Å². The zero-order valence-corrected chi connectivity index (χ0v) is 14.8. The summed E-state index contributed by atoms with van der Waals surface area (Å²) in [6.45, 7) is 10.6. The summed E-state index contributed by atoms with van der Waals surface area (Å²) in [7, 11) is 0. The Bertz CT molecular complexity index is 685. The van der Waals surface area contributed by atoms with Gasteiger partial charge in [0.25, 0.3) is 0 Å². The molecule has 0 aliphatic heterocycles. The van der Waals surface area contributed by atoms with Gasteiger partial charge in [-0.3, -0.25) is 4.98 Å². The van der Waals surface area contributed by atoms with Crippen LogP contribution in [0.1, 0.15) is 69.0 Å². The Morgan fingerprint density at radius 2 is 1.61 bits per heavy atom. The molecule has 1 aromatic heterocycles. The van der Waals surface area contributed by atoms with E-state index in [9.17, 15) is 5.11 Å². The first kappa shape index (κ1) is 17.4. The van der Waals surface area contributed by atoms with Gasteiger partial charge in [0.15, 0.2) is 0 Å². The van der Waals surface area contributed by atoms with E-state index < -0.39 is 0 Å². The highest BCUT2D eigenvalue weighted by Crippen LogP contribution is 2.37. The lowest BCUT2D eigenvalue weighted by molar-refractivity contribution is 0.280. The molecule has 0 aliphatic rings. The van der Waals surface area contributed by atoms with E-state index in [0.717, 1.165) is 33.6 Å². The van der Waals surface area contributed by atoms with Crippen molar-refractivity contribution in [3.8, 4) is 11.1 Å². The molecule has 0 aliphatic carbocycles. The van der Waals surface area contributed by atoms with Crippen molar-refractivity contribution in [2.24, 2.45) is 0 Å². The molecule has 122 valence electrons. The fraction of sp³-hybridized carbons (Fsp3) is 0.381. The summed E-state index contributed by atoms with van der Waals surface area (Å²) in [5, 5.41) is 10.1. The van der Waals surface area contributed by atoms with Gasteiger partial charge in [0, 0.05) is 16.8 Å². The number of aliphatic hydroxyl groups excluding tert-OH is 1. The molecular weight excluding hydrogens is 282 g/mol. The van der Waals surface area contributed by atoms with Crippen molar-refractivity contribution in [2.75, 3.05) is 0 Å². The van der Waals surface area contributed by atoms with Gasteiger partial charge >= 0.3 is 0 Å². The SMILES string of the molecule is C/C=C\c1c(C(C)C)nc(C(C)C)c(CO)c1-c1ccccc1. The van der Waals surface area contributed by atoms with Gasteiger partial charge < -0.3 is 5.11 Å². The number of rotatable bonds is 5. The second-order valence-electron chi connectivity index (χ2n) is 6.48. The van der Waals surface area contributed by atoms with Crippen molar-refractivity contribution in [1.82, 2.24) is 4.98 Å². The summed E-state index contributed by atoms with van der Waals surface area (Å²) in [6, 6.07) is 10.3. The molecule has 0 unspecified atom stereocenters. The summed E-state index contributed by atoms with van der Waals surface area (Å²) in [4.78, 5) is 4.94. The number of nitrogens with zero attached hydrogens (tertiary/aromatic N) is 1. The van der Waals surface area contributed by atoms with Crippen LogP contribution in [0, 0.1) is 0 Å². The molecule has 1 aromatic carbocycles. The quantitative estimate of drug-likeness (QED) is 0.788. The molecule has 2 heteroatoms. The summed E-state index contributed by atoms with van der Waals surface area (Å²) >= 11 is 0. The van der Waals surface area contributed by atoms with Crippen LogP contribution < -0.4 is 0 Å². The standard InChI is InChI=1S/C21H27NO/c1-6-10-17-19(16-11-8-7-9-12-16)18(13-23)21(15(4)5)22-20(17)14(2)3/h6-12,14-15,23H,13H2,1-5H3/b10-6-. The number of benzene rings is 1. The van der Waals surface area contributed by atoms with Crippen molar-refractivity contribution in [1.29, 1.82) is 0 Å². The predicted octanol–water partition coefficient (Wildman–Crippen LogP) is 5.52. The molecule has 0 spiro atoms. The van der Waals surface area contributed by atoms with Crippen LogP contribution in [0.25, 0.3) is 17.2 Å². The van der Waals surface area contributed by atoms with Gasteiger partial charge in [-0.25, -0.2) is 0 Å². The molecule has 0 saturated carbocycles. The van der Waals surface area contributed by atoms with Crippen LogP contribution in [0.5, 0.6) is 0 Å². The monoisotopic (exact) mass is 309 g/mol. The van der Waals surface area contributed by atoms with Crippen LogP contribution >= 0.6 is 0 Å². The highest BCUT2D eigenvalue weighted by atomic mass is 16.3.